The molecule has 0 aliphatic rings. The van der Waals surface area contributed by atoms with E-state index in [4.69, 9.17) is 37.1 Å². The number of amides is 1. The van der Waals surface area contributed by atoms with Crippen molar-refractivity contribution in [3.05, 3.63) is 87.0 Å². The van der Waals surface area contributed by atoms with Crippen LogP contribution in [0.25, 0.3) is 22.3 Å². The number of benzene rings is 3. The average molecular weight is 470 g/mol. The van der Waals surface area contributed by atoms with Gasteiger partial charge in [-0.3, -0.25) is 9.59 Å². The monoisotopic (exact) mass is 469 g/mol. The van der Waals surface area contributed by atoms with Gasteiger partial charge >= 0.3 is 0 Å². The molecule has 0 spiro atoms. The summed E-state index contributed by atoms with van der Waals surface area (Å²) >= 11 is 12.3. The number of hydrogen-bond donors (Lipinski definition) is 1. The van der Waals surface area contributed by atoms with Gasteiger partial charge in [-0.15, -0.1) is 0 Å². The van der Waals surface area contributed by atoms with Crippen molar-refractivity contribution in [2.24, 2.45) is 0 Å². The Kier molecular flexibility index (Phi) is 6.35. The summed E-state index contributed by atoms with van der Waals surface area (Å²) in [6.45, 7) is -0.409. The minimum Gasteiger partial charge on any atom is -0.497 e. The van der Waals surface area contributed by atoms with E-state index in [-0.39, 0.29) is 16.5 Å². The molecule has 0 aliphatic heterocycles. The second kappa shape index (κ2) is 9.34. The summed E-state index contributed by atoms with van der Waals surface area (Å²) in [6.07, 6.45) is 0. The maximum atomic E-state index is 13.1. The molecule has 0 unspecified atom stereocenters. The molecule has 0 saturated heterocycles. The maximum Gasteiger partial charge on any atom is 0.262 e. The predicted octanol–water partition coefficient (Wildman–Crippen LogP) is 5.79. The lowest BCUT2D eigenvalue weighted by Crippen LogP contribution is -2.22. The third kappa shape index (κ3) is 4.56. The Bertz CT molecular complexity index is 1350. The Morgan fingerprint density at radius 1 is 1.03 bits per heavy atom. The summed E-state index contributed by atoms with van der Waals surface area (Å²) in [5.41, 5.74) is 0.939. The molecule has 4 rings (SSSR count). The second-order valence-corrected chi connectivity index (χ2v) is 7.62. The quantitative estimate of drug-likeness (QED) is 0.386. The highest BCUT2D eigenvalue weighted by molar-refractivity contribution is 6.36. The number of rotatable bonds is 6. The van der Waals surface area contributed by atoms with Crippen molar-refractivity contribution in [3.8, 4) is 22.8 Å². The van der Waals surface area contributed by atoms with Crippen LogP contribution in [0, 0.1) is 0 Å². The Hall–Kier alpha value is -3.48. The molecule has 1 amide bonds. The van der Waals surface area contributed by atoms with E-state index >= 15 is 0 Å². The predicted molar refractivity (Wildman–Crippen MR) is 125 cm³/mol. The summed E-state index contributed by atoms with van der Waals surface area (Å²) in [5.74, 6) is 0.221. The average Bonchev–Trinajstić information content (AvgIpc) is 2.79. The van der Waals surface area contributed by atoms with Crippen LogP contribution in [0.4, 0.5) is 5.69 Å². The van der Waals surface area contributed by atoms with Crippen molar-refractivity contribution >= 4 is 45.8 Å². The summed E-state index contributed by atoms with van der Waals surface area (Å²) < 4.78 is 16.7. The van der Waals surface area contributed by atoms with Crippen LogP contribution in [0.15, 0.2) is 75.9 Å². The highest BCUT2D eigenvalue weighted by atomic mass is 35.5. The van der Waals surface area contributed by atoms with Gasteiger partial charge in [0.25, 0.3) is 5.91 Å². The number of carbonyl (C=O) groups excluding carboxylic acids is 1. The summed E-state index contributed by atoms with van der Waals surface area (Å²) in [5, 5.41) is 3.74. The van der Waals surface area contributed by atoms with E-state index in [2.05, 4.69) is 5.32 Å². The number of anilines is 1. The molecule has 0 aliphatic carbocycles. The fourth-order valence-electron chi connectivity index (χ4n) is 3.12. The lowest BCUT2D eigenvalue weighted by atomic mass is 10.1. The number of ether oxygens (including phenoxy) is 2. The second-order valence-electron chi connectivity index (χ2n) is 6.78. The van der Waals surface area contributed by atoms with Crippen LogP contribution in [0.5, 0.6) is 11.5 Å². The van der Waals surface area contributed by atoms with E-state index in [9.17, 15) is 9.59 Å². The Morgan fingerprint density at radius 2 is 1.78 bits per heavy atom. The molecule has 1 heterocycles. The first-order chi connectivity index (χ1) is 15.5. The van der Waals surface area contributed by atoms with Crippen LogP contribution in [0.1, 0.15) is 0 Å². The minimum absolute atomic E-state index is 0.113. The van der Waals surface area contributed by atoms with Gasteiger partial charge in [-0.2, -0.15) is 0 Å². The van der Waals surface area contributed by atoms with Gasteiger partial charge in [0.2, 0.25) is 11.2 Å². The lowest BCUT2D eigenvalue weighted by Gasteiger charge is -2.13. The standard InChI is InChI=1S/C24H17Cl2NO5/c1-30-16-9-7-15(8-10-16)27-21(28)13-31-24-22(29)18-4-2-3-5-20(18)32-23(24)17-11-6-14(25)12-19(17)26/h2-12H,13H2,1H3,(H,27,28). The zero-order chi connectivity index (χ0) is 22.7. The van der Waals surface area contributed by atoms with Crippen LogP contribution in [-0.2, 0) is 4.79 Å². The van der Waals surface area contributed by atoms with Gasteiger partial charge in [-0.1, -0.05) is 35.3 Å². The largest absolute Gasteiger partial charge is 0.497 e. The van der Waals surface area contributed by atoms with Gasteiger partial charge in [0.05, 0.1) is 17.5 Å². The molecule has 0 radical (unpaired) electrons. The molecule has 8 heteroatoms. The molecule has 1 N–H and O–H groups in total. The van der Waals surface area contributed by atoms with Gasteiger partial charge < -0.3 is 19.2 Å². The van der Waals surface area contributed by atoms with Gasteiger partial charge in [0.1, 0.15) is 11.3 Å². The molecular formula is C24H17Cl2NO5. The molecule has 1 aromatic heterocycles. The fourth-order valence-corrected chi connectivity index (χ4v) is 3.61. The maximum absolute atomic E-state index is 13.1. The lowest BCUT2D eigenvalue weighted by molar-refractivity contribution is -0.118. The first-order valence-electron chi connectivity index (χ1n) is 9.54. The molecule has 0 atom stereocenters. The molecule has 162 valence electrons. The number of nitrogens with one attached hydrogen (secondary N) is 1. The highest BCUT2D eigenvalue weighted by Gasteiger charge is 2.20. The summed E-state index contributed by atoms with van der Waals surface area (Å²) in [7, 11) is 1.56. The zero-order valence-electron chi connectivity index (χ0n) is 16.9. The van der Waals surface area contributed by atoms with E-state index in [0.29, 0.717) is 33.0 Å². The van der Waals surface area contributed by atoms with Crippen molar-refractivity contribution in [1.82, 2.24) is 0 Å². The van der Waals surface area contributed by atoms with Gasteiger partial charge in [0.15, 0.2) is 12.4 Å². The third-order valence-corrected chi connectivity index (χ3v) is 5.20. The van der Waals surface area contributed by atoms with Crippen LogP contribution in [0.2, 0.25) is 10.0 Å². The molecule has 0 fully saturated rings. The number of fused-ring (bicyclic) bond motifs is 1. The van der Waals surface area contributed by atoms with Crippen LogP contribution >= 0.6 is 23.2 Å². The Morgan fingerprint density at radius 3 is 2.50 bits per heavy atom. The molecule has 6 nitrogen and oxygen atoms in total. The Labute approximate surface area is 193 Å². The van der Waals surface area contributed by atoms with Gasteiger partial charge in [-0.25, -0.2) is 0 Å². The van der Waals surface area contributed by atoms with Crippen molar-refractivity contribution < 1.29 is 18.7 Å². The first-order valence-corrected chi connectivity index (χ1v) is 10.3. The highest BCUT2D eigenvalue weighted by Crippen LogP contribution is 2.36. The Balaban J connectivity index is 1.66. The normalized spacial score (nSPS) is 10.7. The summed E-state index contributed by atoms with van der Waals surface area (Å²) in [6, 6.07) is 18.4. The van der Waals surface area contributed by atoms with Gasteiger partial charge in [-0.05, 0) is 54.6 Å². The van der Waals surface area contributed by atoms with E-state index in [1.807, 2.05) is 0 Å². The number of para-hydroxylation sites is 1. The molecule has 0 bridgehead atoms. The SMILES string of the molecule is COc1ccc(NC(=O)COc2c(-c3ccc(Cl)cc3Cl)oc3ccccc3c2=O)cc1. The zero-order valence-corrected chi connectivity index (χ0v) is 18.4. The number of hydrogen-bond acceptors (Lipinski definition) is 5. The van der Waals surface area contributed by atoms with E-state index in [0.717, 1.165) is 0 Å². The smallest absolute Gasteiger partial charge is 0.262 e. The van der Waals surface area contributed by atoms with Gasteiger partial charge in [0, 0.05) is 16.3 Å². The van der Waals surface area contributed by atoms with Crippen molar-refractivity contribution in [1.29, 1.82) is 0 Å². The van der Waals surface area contributed by atoms with Crippen LogP contribution in [-0.4, -0.2) is 19.6 Å². The molecule has 3 aromatic carbocycles. The molecule has 32 heavy (non-hydrogen) atoms. The number of methoxy groups -OCH3 is 1. The van der Waals surface area contributed by atoms with E-state index < -0.39 is 17.9 Å². The van der Waals surface area contributed by atoms with Crippen molar-refractivity contribution in [2.45, 2.75) is 0 Å². The minimum atomic E-state index is -0.448. The number of halogens is 2. The van der Waals surface area contributed by atoms with Crippen LogP contribution < -0.4 is 20.2 Å². The number of carbonyl (C=O) groups is 1. The molecule has 0 saturated carbocycles. The van der Waals surface area contributed by atoms with E-state index in [1.165, 1.54) is 6.07 Å². The fraction of sp³-hybridized carbons (Fsp3) is 0.0833. The van der Waals surface area contributed by atoms with Crippen molar-refractivity contribution in [2.75, 3.05) is 19.0 Å². The molecule has 4 aromatic rings. The molecular weight excluding hydrogens is 453 g/mol. The van der Waals surface area contributed by atoms with Crippen LogP contribution in [0.3, 0.4) is 0 Å². The topological polar surface area (TPSA) is 77.8 Å². The third-order valence-electron chi connectivity index (χ3n) is 4.65. The first kappa shape index (κ1) is 21.7. The van der Waals surface area contributed by atoms with E-state index in [1.54, 1.807) is 67.8 Å². The van der Waals surface area contributed by atoms with Crippen molar-refractivity contribution in [3.63, 3.8) is 0 Å². The summed E-state index contributed by atoms with van der Waals surface area (Å²) in [4.78, 5) is 25.6.